The molecular formula is C23H22F3NO. The lowest BCUT2D eigenvalue weighted by Crippen LogP contribution is -2.23. The Labute approximate surface area is 163 Å². The molecule has 0 bridgehead atoms. The molecule has 0 fully saturated rings. The molecule has 1 N–H and O–H groups in total. The van der Waals surface area contributed by atoms with Crippen LogP contribution in [0.3, 0.4) is 0 Å². The Morgan fingerprint density at radius 2 is 1.43 bits per heavy atom. The molecule has 146 valence electrons. The summed E-state index contributed by atoms with van der Waals surface area (Å²) in [6.45, 7) is -0.764. The highest BCUT2D eigenvalue weighted by Gasteiger charge is 2.28. The molecule has 3 rings (SSSR count). The molecule has 2 nitrogen and oxygen atoms in total. The first kappa shape index (κ1) is 20.0. The molecule has 5 heteroatoms. The Hall–Kier alpha value is -2.79. The third-order valence-electron chi connectivity index (χ3n) is 4.34. The topological polar surface area (TPSA) is 21.3 Å². The molecule has 0 amide bonds. The van der Waals surface area contributed by atoms with Gasteiger partial charge in [0.25, 0.3) is 0 Å². The maximum Gasteiger partial charge on any atom is 0.422 e. The van der Waals surface area contributed by atoms with Gasteiger partial charge in [-0.3, -0.25) is 0 Å². The zero-order valence-corrected chi connectivity index (χ0v) is 15.3. The molecule has 1 atom stereocenters. The van der Waals surface area contributed by atoms with Crippen LogP contribution < -0.4 is 10.1 Å². The fourth-order valence-electron chi connectivity index (χ4n) is 2.99. The molecule has 0 spiro atoms. The van der Waals surface area contributed by atoms with E-state index in [9.17, 15) is 13.2 Å². The first-order valence-electron chi connectivity index (χ1n) is 9.10. The van der Waals surface area contributed by atoms with E-state index in [2.05, 4.69) is 29.6 Å². The second kappa shape index (κ2) is 9.42. The molecule has 3 aromatic rings. The SMILES string of the molecule is FC(F)(F)COc1cccc(CNC(Cc2ccccc2)c2ccccc2)c1. The largest absolute Gasteiger partial charge is 0.484 e. The molecule has 28 heavy (non-hydrogen) atoms. The summed E-state index contributed by atoms with van der Waals surface area (Å²) in [7, 11) is 0. The minimum absolute atomic E-state index is 0.0864. The number of ether oxygens (including phenoxy) is 1. The third-order valence-corrected chi connectivity index (χ3v) is 4.34. The van der Waals surface area contributed by atoms with E-state index in [0.29, 0.717) is 6.54 Å². The third kappa shape index (κ3) is 6.43. The number of halogens is 3. The molecule has 0 aliphatic carbocycles. The van der Waals surface area contributed by atoms with Gasteiger partial charge in [0.15, 0.2) is 6.61 Å². The lowest BCUT2D eigenvalue weighted by atomic mass is 9.98. The Balaban J connectivity index is 1.68. The summed E-state index contributed by atoms with van der Waals surface area (Å²) in [6, 6.07) is 27.2. The minimum Gasteiger partial charge on any atom is -0.484 e. The van der Waals surface area contributed by atoms with Gasteiger partial charge in [0, 0.05) is 12.6 Å². The highest BCUT2D eigenvalue weighted by molar-refractivity contribution is 5.29. The fourth-order valence-corrected chi connectivity index (χ4v) is 2.99. The van der Waals surface area contributed by atoms with Crippen LogP contribution in [0.15, 0.2) is 84.9 Å². The number of nitrogens with one attached hydrogen (secondary N) is 1. The minimum atomic E-state index is -4.34. The Morgan fingerprint density at radius 1 is 0.786 bits per heavy atom. The van der Waals surface area contributed by atoms with Crippen LogP contribution in [0, 0.1) is 0 Å². The molecule has 0 aliphatic heterocycles. The average molecular weight is 385 g/mol. The summed E-state index contributed by atoms with van der Waals surface area (Å²) < 4.78 is 41.9. The van der Waals surface area contributed by atoms with E-state index in [1.807, 2.05) is 42.5 Å². The van der Waals surface area contributed by atoms with Crippen LogP contribution in [0.2, 0.25) is 0 Å². The van der Waals surface area contributed by atoms with Gasteiger partial charge < -0.3 is 10.1 Å². The van der Waals surface area contributed by atoms with Gasteiger partial charge in [-0.05, 0) is 35.2 Å². The molecule has 0 aromatic heterocycles. The van der Waals surface area contributed by atoms with Crippen molar-refractivity contribution in [2.24, 2.45) is 0 Å². The van der Waals surface area contributed by atoms with Gasteiger partial charge in [-0.15, -0.1) is 0 Å². The van der Waals surface area contributed by atoms with E-state index >= 15 is 0 Å². The van der Waals surface area contributed by atoms with E-state index in [1.54, 1.807) is 12.1 Å². The van der Waals surface area contributed by atoms with Gasteiger partial charge in [0.2, 0.25) is 0 Å². The number of alkyl halides is 3. The van der Waals surface area contributed by atoms with E-state index in [1.165, 1.54) is 11.6 Å². The predicted molar refractivity (Wildman–Crippen MR) is 104 cm³/mol. The van der Waals surface area contributed by atoms with Crippen molar-refractivity contribution in [3.05, 3.63) is 102 Å². The molecule has 0 radical (unpaired) electrons. The zero-order valence-electron chi connectivity index (χ0n) is 15.3. The van der Waals surface area contributed by atoms with Gasteiger partial charge in [-0.1, -0.05) is 72.8 Å². The van der Waals surface area contributed by atoms with Crippen molar-refractivity contribution in [3.63, 3.8) is 0 Å². The van der Waals surface area contributed by atoms with Crippen LogP contribution in [-0.4, -0.2) is 12.8 Å². The van der Waals surface area contributed by atoms with Gasteiger partial charge in [0.05, 0.1) is 0 Å². The summed E-state index contributed by atoms with van der Waals surface area (Å²) >= 11 is 0. The van der Waals surface area contributed by atoms with Crippen molar-refractivity contribution in [1.29, 1.82) is 0 Å². The van der Waals surface area contributed by atoms with Gasteiger partial charge in [-0.25, -0.2) is 0 Å². The maximum atomic E-state index is 12.4. The van der Waals surface area contributed by atoms with Crippen molar-refractivity contribution in [1.82, 2.24) is 5.32 Å². The number of hydrogen-bond donors (Lipinski definition) is 1. The number of benzene rings is 3. The summed E-state index contributed by atoms with van der Waals surface area (Å²) in [5.74, 6) is 0.218. The van der Waals surface area contributed by atoms with Crippen molar-refractivity contribution in [2.75, 3.05) is 6.61 Å². The number of hydrogen-bond acceptors (Lipinski definition) is 2. The average Bonchev–Trinajstić information content (AvgIpc) is 2.71. The quantitative estimate of drug-likeness (QED) is 0.537. The van der Waals surface area contributed by atoms with Crippen LogP contribution in [0.5, 0.6) is 5.75 Å². The van der Waals surface area contributed by atoms with Crippen LogP contribution in [-0.2, 0) is 13.0 Å². The normalized spacial score (nSPS) is 12.5. The fraction of sp³-hybridized carbons (Fsp3) is 0.217. The molecule has 3 aromatic carbocycles. The molecular weight excluding hydrogens is 363 g/mol. The van der Waals surface area contributed by atoms with E-state index in [4.69, 9.17) is 4.74 Å². The highest BCUT2D eigenvalue weighted by atomic mass is 19.4. The van der Waals surface area contributed by atoms with Crippen molar-refractivity contribution in [3.8, 4) is 5.75 Å². The Bertz CT molecular complexity index is 850. The molecule has 0 saturated heterocycles. The summed E-state index contributed by atoms with van der Waals surface area (Å²) in [6.07, 6.45) is -3.53. The second-order valence-electron chi connectivity index (χ2n) is 6.59. The molecule has 0 heterocycles. The first-order chi connectivity index (χ1) is 13.5. The molecule has 0 aliphatic rings. The predicted octanol–water partition coefficient (Wildman–Crippen LogP) is 5.70. The Morgan fingerprint density at radius 3 is 2.11 bits per heavy atom. The van der Waals surface area contributed by atoms with Crippen LogP contribution >= 0.6 is 0 Å². The van der Waals surface area contributed by atoms with Crippen LogP contribution in [0.4, 0.5) is 13.2 Å². The first-order valence-corrected chi connectivity index (χ1v) is 9.10. The van der Waals surface area contributed by atoms with E-state index < -0.39 is 12.8 Å². The molecule has 1 unspecified atom stereocenters. The number of rotatable bonds is 8. The van der Waals surface area contributed by atoms with E-state index in [0.717, 1.165) is 17.5 Å². The lowest BCUT2D eigenvalue weighted by Gasteiger charge is -2.20. The Kier molecular flexibility index (Phi) is 6.71. The molecule has 0 saturated carbocycles. The summed E-state index contributed by atoms with van der Waals surface area (Å²) in [5, 5.41) is 3.52. The highest BCUT2D eigenvalue weighted by Crippen LogP contribution is 2.22. The van der Waals surface area contributed by atoms with Crippen molar-refractivity contribution in [2.45, 2.75) is 25.2 Å². The van der Waals surface area contributed by atoms with Gasteiger partial charge in [-0.2, -0.15) is 13.2 Å². The monoisotopic (exact) mass is 385 g/mol. The smallest absolute Gasteiger partial charge is 0.422 e. The standard InChI is InChI=1S/C23H22F3NO/c24-23(25,26)17-28-21-13-7-10-19(14-21)16-27-22(20-11-5-2-6-12-20)15-18-8-3-1-4-9-18/h1-14,22,27H,15-17H2. The lowest BCUT2D eigenvalue weighted by molar-refractivity contribution is -0.153. The second-order valence-corrected chi connectivity index (χ2v) is 6.59. The van der Waals surface area contributed by atoms with E-state index in [-0.39, 0.29) is 11.8 Å². The van der Waals surface area contributed by atoms with Crippen molar-refractivity contribution < 1.29 is 17.9 Å². The van der Waals surface area contributed by atoms with Gasteiger partial charge in [0.1, 0.15) is 5.75 Å². The van der Waals surface area contributed by atoms with Gasteiger partial charge >= 0.3 is 6.18 Å². The van der Waals surface area contributed by atoms with Crippen LogP contribution in [0.25, 0.3) is 0 Å². The maximum absolute atomic E-state index is 12.4. The summed E-state index contributed by atoms with van der Waals surface area (Å²) in [4.78, 5) is 0. The zero-order chi connectivity index (χ0) is 19.8. The van der Waals surface area contributed by atoms with Crippen LogP contribution in [0.1, 0.15) is 22.7 Å². The summed E-state index contributed by atoms with van der Waals surface area (Å²) in [5.41, 5.74) is 3.25. The van der Waals surface area contributed by atoms with Crippen molar-refractivity contribution >= 4 is 0 Å².